The zero-order valence-electron chi connectivity index (χ0n) is 15.1. The van der Waals surface area contributed by atoms with Crippen LogP contribution in [0.4, 0.5) is 0 Å². The number of hydrogen-bond donors (Lipinski definition) is 2. The first kappa shape index (κ1) is 19.2. The summed E-state index contributed by atoms with van der Waals surface area (Å²) in [6.45, 7) is 5.93. The Morgan fingerprint density at radius 3 is 2.36 bits per heavy atom. The minimum atomic E-state index is -3.21. The standard InChI is InChI=1S/C18H25N3O3S/c1-5-16(14-6-8-15(9-7-14)25(4,23)24)19-18(22)11-10-17-12(2)13(3)20-21-17/h6-9,16H,5,10-11H2,1-4H3,(H,19,22)(H,20,21)/t16-/m0/s1. The monoisotopic (exact) mass is 363 g/mol. The number of amides is 1. The Bertz CT molecular complexity index is 839. The van der Waals surface area contributed by atoms with Gasteiger partial charge in [0.25, 0.3) is 0 Å². The van der Waals surface area contributed by atoms with Crippen molar-refractivity contribution in [1.82, 2.24) is 15.5 Å². The number of nitrogens with zero attached hydrogens (tertiary/aromatic N) is 1. The van der Waals surface area contributed by atoms with Crippen molar-refractivity contribution in [2.24, 2.45) is 0 Å². The molecule has 0 saturated carbocycles. The Hall–Kier alpha value is -2.15. The number of aromatic nitrogens is 2. The molecule has 0 aliphatic carbocycles. The van der Waals surface area contributed by atoms with Crippen LogP contribution in [0.15, 0.2) is 29.2 Å². The number of carbonyl (C=O) groups is 1. The van der Waals surface area contributed by atoms with E-state index in [0.29, 0.717) is 12.8 Å². The summed E-state index contributed by atoms with van der Waals surface area (Å²) in [5.41, 5.74) is 3.93. The molecule has 1 atom stereocenters. The first-order valence-corrected chi connectivity index (χ1v) is 10.2. The van der Waals surface area contributed by atoms with Crippen molar-refractivity contribution in [1.29, 1.82) is 0 Å². The molecule has 0 spiro atoms. The van der Waals surface area contributed by atoms with Crippen molar-refractivity contribution in [3.63, 3.8) is 0 Å². The topological polar surface area (TPSA) is 91.9 Å². The number of hydrogen-bond acceptors (Lipinski definition) is 4. The highest BCUT2D eigenvalue weighted by atomic mass is 32.2. The van der Waals surface area contributed by atoms with Crippen LogP contribution in [-0.4, -0.2) is 30.8 Å². The maximum atomic E-state index is 12.3. The number of rotatable bonds is 7. The Kier molecular flexibility index (Phi) is 6.00. The molecule has 1 aromatic heterocycles. The second-order valence-electron chi connectivity index (χ2n) is 6.29. The summed E-state index contributed by atoms with van der Waals surface area (Å²) in [4.78, 5) is 12.5. The molecule has 0 fully saturated rings. The first-order valence-electron chi connectivity index (χ1n) is 8.32. The third-order valence-electron chi connectivity index (χ3n) is 4.40. The highest BCUT2D eigenvalue weighted by Crippen LogP contribution is 2.19. The van der Waals surface area contributed by atoms with E-state index in [9.17, 15) is 13.2 Å². The lowest BCUT2D eigenvalue weighted by atomic mass is 10.0. The lowest BCUT2D eigenvalue weighted by Crippen LogP contribution is -2.28. The lowest BCUT2D eigenvalue weighted by molar-refractivity contribution is -0.121. The van der Waals surface area contributed by atoms with E-state index in [1.165, 1.54) is 6.26 Å². The minimum Gasteiger partial charge on any atom is -0.349 e. The molecular weight excluding hydrogens is 338 g/mol. The summed E-state index contributed by atoms with van der Waals surface area (Å²) in [6.07, 6.45) is 2.86. The Morgan fingerprint density at radius 1 is 1.24 bits per heavy atom. The molecule has 0 aliphatic rings. The molecule has 1 heterocycles. The maximum absolute atomic E-state index is 12.3. The number of aryl methyl sites for hydroxylation is 2. The van der Waals surface area contributed by atoms with Gasteiger partial charge in [-0.25, -0.2) is 8.42 Å². The largest absolute Gasteiger partial charge is 0.349 e. The van der Waals surface area contributed by atoms with Crippen LogP contribution in [0.1, 0.15) is 48.3 Å². The van der Waals surface area contributed by atoms with E-state index in [1.807, 2.05) is 20.8 Å². The zero-order chi connectivity index (χ0) is 18.6. The van der Waals surface area contributed by atoms with Crippen molar-refractivity contribution in [3.8, 4) is 0 Å². The molecule has 25 heavy (non-hydrogen) atoms. The van der Waals surface area contributed by atoms with Gasteiger partial charge in [0.15, 0.2) is 9.84 Å². The summed E-state index contributed by atoms with van der Waals surface area (Å²) in [5.74, 6) is -0.0425. The highest BCUT2D eigenvalue weighted by Gasteiger charge is 2.15. The third kappa shape index (κ3) is 4.92. The van der Waals surface area contributed by atoms with Gasteiger partial charge < -0.3 is 5.32 Å². The van der Waals surface area contributed by atoms with Gasteiger partial charge in [0.2, 0.25) is 5.91 Å². The molecule has 0 unspecified atom stereocenters. The van der Waals surface area contributed by atoms with Gasteiger partial charge >= 0.3 is 0 Å². The number of nitrogens with one attached hydrogen (secondary N) is 2. The van der Waals surface area contributed by atoms with Crippen LogP contribution in [-0.2, 0) is 21.1 Å². The number of carbonyl (C=O) groups excluding carboxylic acids is 1. The van der Waals surface area contributed by atoms with Crippen molar-refractivity contribution < 1.29 is 13.2 Å². The summed E-state index contributed by atoms with van der Waals surface area (Å²) >= 11 is 0. The van der Waals surface area contributed by atoms with Crippen molar-refractivity contribution in [3.05, 3.63) is 46.8 Å². The van der Waals surface area contributed by atoms with Gasteiger partial charge in [0.1, 0.15) is 0 Å². The molecule has 7 heteroatoms. The van der Waals surface area contributed by atoms with E-state index < -0.39 is 9.84 Å². The Morgan fingerprint density at radius 2 is 1.88 bits per heavy atom. The van der Waals surface area contributed by atoms with Gasteiger partial charge in [-0.1, -0.05) is 19.1 Å². The molecule has 6 nitrogen and oxygen atoms in total. The van der Waals surface area contributed by atoms with Crippen LogP contribution in [0.5, 0.6) is 0 Å². The summed E-state index contributed by atoms with van der Waals surface area (Å²) in [6, 6.07) is 6.53. The van der Waals surface area contributed by atoms with Crippen LogP contribution in [0.3, 0.4) is 0 Å². The molecule has 1 amide bonds. The van der Waals surface area contributed by atoms with Gasteiger partial charge in [-0.3, -0.25) is 9.89 Å². The number of sulfone groups is 1. The molecule has 2 aromatic rings. The molecule has 1 aromatic carbocycles. The van der Waals surface area contributed by atoms with E-state index >= 15 is 0 Å². The van der Waals surface area contributed by atoms with Gasteiger partial charge in [0, 0.05) is 24.8 Å². The van der Waals surface area contributed by atoms with Crippen LogP contribution in [0.25, 0.3) is 0 Å². The van der Waals surface area contributed by atoms with Gasteiger partial charge in [0.05, 0.1) is 16.6 Å². The van der Waals surface area contributed by atoms with Crippen LogP contribution in [0.2, 0.25) is 0 Å². The quantitative estimate of drug-likeness (QED) is 0.791. The Labute approximate surface area is 149 Å². The average Bonchev–Trinajstić information content (AvgIpc) is 2.89. The molecule has 2 rings (SSSR count). The molecule has 0 saturated heterocycles. The SMILES string of the molecule is CC[C@H](NC(=O)CCc1n[nH]c(C)c1C)c1ccc(S(C)(=O)=O)cc1. The van der Waals surface area contributed by atoms with E-state index in [4.69, 9.17) is 0 Å². The van der Waals surface area contributed by atoms with Crippen LogP contribution in [0, 0.1) is 13.8 Å². The maximum Gasteiger partial charge on any atom is 0.220 e. The molecule has 0 bridgehead atoms. The molecule has 0 radical (unpaired) electrons. The fourth-order valence-corrected chi connectivity index (χ4v) is 3.28. The summed E-state index contributed by atoms with van der Waals surface area (Å²) in [5, 5.41) is 10.2. The second kappa shape index (κ2) is 7.82. The van der Waals surface area contributed by atoms with Crippen molar-refractivity contribution >= 4 is 15.7 Å². The van der Waals surface area contributed by atoms with E-state index in [2.05, 4.69) is 15.5 Å². The fourth-order valence-electron chi connectivity index (χ4n) is 2.65. The van der Waals surface area contributed by atoms with Gasteiger partial charge in [-0.05, 0) is 43.5 Å². The molecule has 0 aliphatic heterocycles. The number of aromatic amines is 1. The fraction of sp³-hybridized carbons (Fsp3) is 0.444. The van der Waals surface area contributed by atoms with Crippen molar-refractivity contribution in [2.75, 3.05) is 6.26 Å². The summed E-state index contributed by atoms with van der Waals surface area (Å²) < 4.78 is 23.1. The lowest BCUT2D eigenvalue weighted by Gasteiger charge is -2.17. The molecule has 136 valence electrons. The second-order valence-corrected chi connectivity index (χ2v) is 8.31. The van der Waals surface area contributed by atoms with E-state index in [1.54, 1.807) is 24.3 Å². The van der Waals surface area contributed by atoms with Gasteiger partial charge in [-0.15, -0.1) is 0 Å². The highest BCUT2D eigenvalue weighted by molar-refractivity contribution is 7.90. The zero-order valence-corrected chi connectivity index (χ0v) is 15.9. The number of H-pyrrole nitrogens is 1. The van der Waals surface area contributed by atoms with Gasteiger partial charge in [-0.2, -0.15) is 5.10 Å². The van der Waals surface area contributed by atoms with Crippen LogP contribution >= 0.6 is 0 Å². The smallest absolute Gasteiger partial charge is 0.220 e. The normalized spacial score (nSPS) is 12.8. The molecule has 2 N–H and O–H groups in total. The first-order chi connectivity index (χ1) is 11.7. The third-order valence-corrected chi connectivity index (χ3v) is 5.53. The van der Waals surface area contributed by atoms with E-state index in [-0.39, 0.29) is 16.8 Å². The predicted octanol–water partition coefficient (Wildman–Crippen LogP) is 2.63. The minimum absolute atomic E-state index is 0.0425. The summed E-state index contributed by atoms with van der Waals surface area (Å²) in [7, 11) is -3.21. The predicted molar refractivity (Wildman–Crippen MR) is 97.1 cm³/mol. The van der Waals surface area contributed by atoms with E-state index in [0.717, 1.165) is 28.9 Å². The number of benzene rings is 1. The average molecular weight is 363 g/mol. The van der Waals surface area contributed by atoms with Crippen molar-refractivity contribution in [2.45, 2.75) is 51.0 Å². The Balaban J connectivity index is 1.99. The van der Waals surface area contributed by atoms with Crippen LogP contribution < -0.4 is 5.32 Å². The molecular formula is C18H25N3O3S.